The van der Waals surface area contributed by atoms with Crippen molar-refractivity contribution < 1.29 is 13.9 Å². The minimum absolute atomic E-state index is 0.116. The molecular formula is C23H26IN3O3S. The number of amides is 1. The van der Waals surface area contributed by atoms with Crippen LogP contribution >= 0.6 is 34.4 Å². The Morgan fingerprint density at radius 3 is 2.55 bits per heavy atom. The first-order valence-electron chi connectivity index (χ1n) is 9.98. The molecule has 6 nitrogen and oxygen atoms in total. The van der Waals surface area contributed by atoms with E-state index in [0.717, 1.165) is 37.3 Å². The van der Waals surface area contributed by atoms with E-state index in [9.17, 15) is 4.79 Å². The van der Waals surface area contributed by atoms with Gasteiger partial charge in [-0.2, -0.15) is 0 Å². The highest BCUT2D eigenvalue weighted by atomic mass is 127. The molecule has 1 amide bonds. The van der Waals surface area contributed by atoms with Crippen LogP contribution in [0, 0.1) is 24.3 Å². The van der Waals surface area contributed by atoms with Crippen LogP contribution in [0.2, 0.25) is 0 Å². The predicted molar refractivity (Wildman–Crippen MR) is 132 cm³/mol. The first-order chi connectivity index (χ1) is 14.7. The molecule has 0 atom stereocenters. The zero-order valence-electron chi connectivity index (χ0n) is 18.3. The molecule has 0 spiro atoms. The summed E-state index contributed by atoms with van der Waals surface area (Å²) in [6, 6.07) is 10.3. The molecule has 31 heavy (non-hydrogen) atoms. The Hall–Kier alpha value is -2.07. The zero-order chi connectivity index (χ0) is 22.5. The number of benzene rings is 2. The van der Waals surface area contributed by atoms with Gasteiger partial charge in [-0.05, 0) is 89.7 Å². The number of carbonyl (C=O) groups excluding carboxylic acids is 1. The molecule has 164 valence electrons. The normalized spacial score (nSPS) is 11.1. The number of rotatable bonds is 8. The van der Waals surface area contributed by atoms with Crippen molar-refractivity contribution in [1.29, 1.82) is 0 Å². The second-order valence-corrected chi connectivity index (χ2v) is 9.87. The van der Waals surface area contributed by atoms with E-state index in [4.69, 9.17) is 9.15 Å². The summed E-state index contributed by atoms with van der Waals surface area (Å²) in [5, 5.41) is 11.4. The lowest BCUT2D eigenvalue weighted by molar-refractivity contribution is -0.113. The van der Waals surface area contributed by atoms with Crippen LogP contribution in [-0.2, 0) is 11.4 Å². The smallest absolute Gasteiger partial charge is 0.277 e. The number of nitrogens with zero attached hydrogens (tertiary/aromatic N) is 2. The van der Waals surface area contributed by atoms with E-state index in [2.05, 4.69) is 64.1 Å². The Labute approximate surface area is 200 Å². The van der Waals surface area contributed by atoms with Crippen LogP contribution in [0.1, 0.15) is 47.9 Å². The van der Waals surface area contributed by atoms with Gasteiger partial charge >= 0.3 is 0 Å². The highest BCUT2D eigenvalue weighted by molar-refractivity contribution is 14.1. The van der Waals surface area contributed by atoms with Crippen molar-refractivity contribution in [2.45, 2.75) is 52.4 Å². The van der Waals surface area contributed by atoms with Crippen LogP contribution in [0.3, 0.4) is 0 Å². The molecule has 2 aromatic carbocycles. The summed E-state index contributed by atoms with van der Waals surface area (Å²) in [7, 11) is 0. The maximum absolute atomic E-state index is 12.4. The van der Waals surface area contributed by atoms with Gasteiger partial charge in [0.1, 0.15) is 5.75 Å². The van der Waals surface area contributed by atoms with Crippen molar-refractivity contribution in [1.82, 2.24) is 10.2 Å². The summed E-state index contributed by atoms with van der Waals surface area (Å²) in [4.78, 5) is 12.4. The molecule has 1 heterocycles. The van der Waals surface area contributed by atoms with E-state index in [1.165, 1.54) is 11.8 Å². The van der Waals surface area contributed by atoms with Crippen molar-refractivity contribution in [3.05, 3.63) is 62.0 Å². The van der Waals surface area contributed by atoms with Crippen LogP contribution < -0.4 is 10.1 Å². The van der Waals surface area contributed by atoms with Gasteiger partial charge in [0.25, 0.3) is 11.1 Å². The van der Waals surface area contributed by atoms with Gasteiger partial charge in [0.2, 0.25) is 5.91 Å². The molecule has 0 saturated carbocycles. The highest BCUT2D eigenvalue weighted by Crippen LogP contribution is 2.28. The SMILES string of the molecule is Cc1ccc(C(C)C)c(OCc2nnc(SCC(=O)Nc3c(C)cc(I)cc3C)o2)c1. The zero-order valence-corrected chi connectivity index (χ0v) is 21.3. The van der Waals surface area contributed by atoms with Gasteiger partial charge < -0.3 is 14.5 Å². The topological polar surface area (TPSA) is 77.2 Å². The maximum atomic E-state index is 12.4. The molecular weight excluding hydrogens is 525 g/mol. The quantitative estimate of drug-likeness (QED) is 0.272. The van der Waals surface area contributed by atoms with Gasteiger partial charge in [-0.15, -0.1) is 10.2 Å². The van der Waals surface area contributed by atoms with E-state index in [1.54, 1.807) is 0 Å². The first kappa shape index (κ1) is 23.6. The van der Waals surface area contributed by atoms with Crippen molar-refractivity contribution in [3.63, 3.8) is 0 Å². The molecule has 1 aromatic heterocycles. The van der Waals surface area contributed by atoms with E-state index < -0.39 is 0 Å². The number of hydrogen-bond acceptors (Lipinski definition) is 6. The van der Waals surface area contributed by atoms with E-state index >= 15 is 0 Å². The number of aromatic nitrogens is 2. The minimum atomic E-state index is -0.116. The fraction of sp³-hybridized carbons (Fsp3) is 0.348. The lowest BCUT2D eigenvalue weighted by Gasteiger charge is -2.13. The van der Waals surface area contributed by atoms with Crippen LogP contribution in [-0.4, -0.2) is 21.9 Å². The van der Waals surface area contributed by atoms with Gasteiger partial charge in [0.05, 0.1) is 5.75 Å². The fourth-order valence-corrected chi connectivity index (χ4v) is 4.66. The number of ether oxygens (including phenoxy) is 1. The second-order valence-electron chi connectivity index (χ2n) is 7.70. The number of nitrogens with one attached hydrogen (secondary N) is 1. The molecule has 3 aromatic rings. The Kier molecular flexibility index (Phi) is 7.99. The number of hydrogen-bond donors (Lipinski definition) is 1. The number of carbonyl (C=O) groups is 1. The van der Waals surface area contributed by atoms with E-state index in [1.807, 2.05) is 39.0 Å². The van der Waals surface area contributed by atoms with Crippen molar-refractivity contribution in [2.24, 2.45) is 0 Å². The largest absolute Gasteiger partial charge is 0.484 e. The highest BCUT2D eigenvalue weighted by Gasteiger charge is 2.14. The number of thioether (sulfide) groups is 1. The minimum Gasteiger partial charge on any atom is -0.484 e. The summed E-state index contributed by atoms with van der Waals surface area (Å²) in [6.07, 6.45) is 0. The van der Waals surface area contributed by atoms with Crippen LogP contribution in [0.25, 0.3) is 0 Å². The molecule has 1 N–H and O–H groups in total. The molecule has 0 aliphatic heterocycles. The monoisotopic (exact) mass is 551 g/mol. The third-order valence-electron chi connectivity index (χ3n) is 4.68. The lowest BCUT2D eigenvalue weighted by Crippen LogP contribution is -2.16. The number of halogens is 1. The first-order valence-corrected chi connectivity index (χ1v) is 12.0. The summed E-state index contributed by atoms with van der Waals surface area (Å²) in [6.45, 7) is 10.4. The number of aryl methyl sites for hydroxylation is 3. The average molecular weight is 551 g/mol. The molecule has 3 rings (SSSR count). The number of anilines is 1. The Morgan fingerprint density at radius 1 is 1.16 bits per heavy atom. The lowest BCUT2D eigenvalue weighted by atomic mass is 10.0. The summed E-state index contributed by atoms with van der Waals surface area (Å²) in [5.74, 6) is 1.62. The standard InChI is InChI=1S/C23H26IN3O3S/c1-13(2)18-7-6-14(3)8-19(18)29-11-21-26-27-23(30-21)31-12-20(28)25-22-15(4)9-17(24)10-16(22)5/h6-10,13H,11-12H2,1-5H3,(H,25,28). The Balaban J connectivity index is 1.55. The third-order valence-corrected chi connectivity index (χ3v) is 6.12. The van der Waals surface area contributed by atoms with Crippen molar-refractivity contribution in [2.75, 3.05) is 11.1 Å². The van der Waals surface area contributed by atoms with E-state index in [0.29, 0.717) is 17.0 Å². The fourth-order valence-electron chi connectivity index (χ4n) is 3.15. The molecule has 0 saturated heterocycles. The summed E-state index contributed by atoms with van der Waals surface area (Å²) < 4.78 is 12.7. The van der Waals surface area contributed by atoms with Crippen LogP contribution in [0.15, 0.2) is 40.0 Å². The van der Waals surface area contributed by atoms with Gasteiger partial charge in [-0.3, -0.25) is 4.79 Å². The van der Waals surface area contributed by atoms with Gasteiger partial charge in [0, 0.05) is 9.26 Å². The maximum Gasteiger partial charge on any atom is 0.277 e. The Morgan fingerprint density at radius 2 is 1.87 bits per heavy atom. The molecule has 0 radical (unpaired) electrons. The molecule has 0 bridgehead atoms. The van der Waals surface area contributed by atoms with Crippen LogP contribution in [0.5, 0.6) is 5.75 Å². The summed E-state index contributed by atoms with van der Waals surface area (Å²) >= 11 is 3.48. The molecule has 0 aliphatic carbocycles. The second kappa shape index (κ2) is 10.5. The molecule has 8 heteroatoms. The molecule has 0 unspecified atom stereocenters. The average Bonchev–Trinajstić information content (AvgIpc) is 3.15. The van der Waals surface area contributed by atoms with Gasteiger partial charge in [0.15, 0.2) is 6.61 Å². The molecule has 0 fully saturated rings. The van der Waals surface area contributed by atoms with Crippen LogP contribution in [0.4, 0.5) is 5.69 Å². The van der Waals surface area contributed by atoms with Gasteiger partial charge in [-0.1, -0.05) is 37.7 Å². The molecule has 0 aliphatic rings. The van der Waals surface area contributed by atoms with Crippen molar-refractivity contribution in [3.8, 4) is 5.75 Å². The third kappa shape index (κ3) is 6.46. The van der Waals surface area contributed by atoms with Crippen molar-refractivity contribution >= 4 is 45.9 Å². The Bertz CT molecular complexity index is 1060. The van der Waals surface area contributed by atoms with Gasteiger partial charge in [-0.25, -0.2) is 0 Å². The predicted octanol–water partition coefficient (Wildman–Crippen LogP) is 6.03. The van der Waals surface area contributed by atoms with E-state index in [-0.39, 0.29) is 18.3 Å². The summed E-state index contributed by atoms with van der Waals surface area (Å²) in [5.41, 5.74) is 5.20.